The topological polar surface area (TPSA) is 72.6 Å². The second-order valence-electron chi connectivity index (χ2n) is 6.97. The van der Waals surface area contributed by atoms with Gasteiger partial charge in [-0.05, 0) is 16.7 Å². The largest absolute Gasteiger partial charge is 0.448 e. The number of alkyl halides is 1. The lowest BCUT2D eigenvalue weighted by Gasteiger charge is -2.48. The molecule has 2 aliphatic heterocycles. The minimum atomic E-state index is -0.601. The smallest absolute Gasteiger partial charge is 0.356 e. The summed E-state index contributed by atoms with van der Waals surface area (Å²) in [5, 5.41) is -0.250. The highest BCUT2D eigenvalue weighted by atomic mass is 35.5. The van der Waals surface area contributed by atoms with Crippen molar-refractivity contribution in [3.8, 4) is 0 Å². The van der Waals surface area contributed by atoms with Gasteiger partial charge in [0.15, 0.2) is 6.10 Å². The normalized spacial score (nSPS) is 20.4. The van der Waals surface area contributed by atoms with Gasteiger partial charge in [-0.3, -0.25) is 9.69 Å². The molecule has 4 rings (SSSR count). The summed E-state index contributed by atoms with van der Waals surface area (Å²) in [5.74, 6) is 0.0464. The van der Waals surface area contributed by atoms with Gasteiger partial charge in [0.2, 0.25) is 5.91 Å². The molecular weight excluding hydrogens is 455 g/mol. The van der Waals surface area contributed by atoms with Crippen LogP contribution in [0.15, 0.2) is 84.1 Å². The molecule has 0 aromatic heterocycles. The Morgan fingerprint density at radius 3 is 2.29 bits per heavy atom. The molecule has 1 saturated heterocycles. The van der Waals surface area contributed by atoms with E-state index in [0.29, 0.717) is 17.2 Å². The quantitative estimate of drug-likeness (QED) is 0.387. The van der Waals surface area contributed by atoms with Crippen LogP contribution in [0.4, 0.5) is 0 Å². The highest BCUT2D eigenvalue weighted by Crippen LogP contribution is 2.41. The zero-order chi connectivity index (χ0) is 21.1. The highest BCUT2D eigenvalue weighted by Gasteiger charge is 2.52. The van der Waals surface area contributed by atoms with E-state index in [1.807, 2.05) is 60.7 Å². The van der Waals surface area contributed by atoms with Crippen molar-refractivity contribution >= 4 is 47.6 Å². The number of benzene rings is 2. The van der Waals surface area contributed by atoms with Crippen LogP contribution >= 0.6 is 35.8 Å². The van der Waals surface area contributed by atoms with E-state index >= 15 is 0 Å². The first-order valence-corrected chi connectivity index (χ1v) is 11.2. The third-order valence-corrected chi connectivity index (χ3v) is 6.57. The molecule has 2 N–H and O–H groups in total. The maximum Gasteiger partial charge on any atom is 0.356 e. The second kappa shape index (κ2) is 10.4. The summed E-state index contributed by atoms with van der Waals surface area (Å²) in [6.07, 6.45) is 2.94. The summed E-state index contributed by atoms with van der Waals surface area (Å²) in [7, 11) is 0. The monoisotopic (exact) mass is 476 g/mol. The number of nitrogens with two attached hydrogens (primary N) is 1. The standard InChI is InChI=1S/C23H21ClN2O3S.ClH/c24-13-7-12-17-14-30-22-18(25)21(27)26(22)19(17)23(28)29-20(15-8-3-1-4-9-15)16-10-5-2-6-11-16;/h1-12,18,20,22H,13-14,25H2;1H/b12-7-;/t18?,22-;/m0./s1. The van der Waals surface area contributed by atoms with E-state index in [0.717, 1.165) is 11.1 Å². The number of hydrogen-bond acceptors (Lipinski definition) is 5. The fourth-order valence-electron chi connectivity index (χ4n) is 3.59. The Morgan fingerprint density at radius 1 is 1.16 bits per heavy atom. The number of β-lactam (4-membered cyclic amide) rings is 1. The van der Waals surface area contributed by atoms with Crippen LogP contribution in [0.2, 0.25) is 0 Å². The van der Waals surface area contributed by atoms with Crippen LogP contribution in [0.1, 0.15) is 17.2 Å². The summed E-state index contributed by atoms with van der Waals surface area (Å²) in [5.41, 5.74) is 8.61. The first kappa shape index (κ1) is 23.4. The number of fused-ring (bicyclic) bond motifs is 1. The van der Waals surface area contributed by atoms with Crippen molar-refractivity contribution in [2.75, 3.05) is 11.6 Å². The number of esters is 1. The number of nitrogens with zero attached hydrogens (tertiary/aromatic N) is 1. The van der Waals surface area contributed by atoms with Crippen LogP contribution in [0.3, 0.4) is 0 Å². The van der Waals surface area contributed by atoms with E-state index < -0.39 is 18.1 Å². The van der Waals surface area contributed by atoms with Crippen molar-refractivity contribution in [3.63, 3.8) is 0 Å². The van der Waals surface area contributed by atoms with Gasteiger partial charge in [-0.25, -0.2) is 4.79 Å². The minimum Gasteiger partial charge on any atom is -0.448 e. The predicted molar refractivity (Wildman–Crippen MR) is 126 cm³/mol. The van der Waals surface area contributed by atoms with Gasteiger partial charge in [-0.15, -0.1) is 35.8 Å². The second-order valence-corrected chi connectivity index (χ2v) is 8.39. The van der Waals surface area contributed by atoms with Crippen LogP contribution in [-0.2, 0) is 14.3 Å². The summed E-state index contributed by atoms with van der Waals surface area (Å²) in [6, 6.07) is 18.5. The fraction of sp³-hybridized carbons (Fsp3) is 0.217. The predicted octanol–water partition coefficient (Wildman–Crippen LogP) is 4.03. The number of thioether (sulfide) groups is 1. The first-order valence-electron chi connectivity index (χ1n) is 9.58. The summed E-state index contributed by atoms with van der Waals surface area (Å²) in [4.78, 5) is 27.3. The Morgan fingerprint density at radius 2 is 1.74 bits per heavy atom. The van der Waals surface area contributed by atoms with Crippen molar-refractivity contribution in [3.05, 3.63) is 95.2 Å². The van der Waals surface area contributed by atoms with E-state index in [1.54, 1.807) is 12.2 Å². The number of amides is 1. The van der Waals surface area contributed by atoms with Gasteiger partial charge in [-0.1, -0.05) is 72.8 Å². The van der Waals surface area contributed by atoms with E-state index in [4.69, 9.17) is 22.1 Å². The minimum absolute atomic E-state index is 0. The van der Waals surface area contributed by atoms with Gasteiger partial charge in [0.05, 0.1) is 0 Å². The molecule has 0 saturated carbocycles. The molecule has 2 atom stereocenters. The Balaban J connectivity index is 0.00000272. The summed E-state index contributed by atoms with van der Waals surface area (Å²) >= 11 is 7.33. The Kier molecular flexibility index (Phi) is 7.84. The van der Waals surface area contributed by atoms with Gasteiger partial charge in [0, 0.05) is 11.6 Å². The van der Waals surface area contributed by atoms with Crippen LogP contribution in [0.5, 0.6) is 0 Å². The van der Waals surface area contributed by atoms with Crippen LogP contribution in [-0.4, -0.2) is 39.8 Å². The number of carbonyl (C=O) groups is 2. The zero-order valence-electron chi connectivity index (χ0n) is 16.5. The van der Waals surface area contributed by atoms with E-state index in [9.17, 15) is 9.59 Å². The number of rotatable bonds is 6. The molecule has 2 aromatic rings. The van der Waals surface area contributed by atoms with Crippen LogP contribution in [0.25, 0.3) is 0 Å². The number of ether oxygens (including phenoxy) is 1. The Labute approximate surface area is 196 Å². The number of hydrogen-bond donors (Lipinski definition) is 1. The van der Waals surface area contributed by atoms with Gasteiger partial charge < -0.3 is 10.5 Å². The van der Waals surface area contributed by atoms with Crippen LogP contribution in [0, 0.1) is 0 Å². The number of halogens is 2. The van der Waals surface area contributed by atoms with Gasteiger partial charge >= 0.3 is 5.97 Å². The molecule has 8 heteroatoms. The van der Waals surface area contributed by atoms with Gasteiger partial charge in [0.1, 0.15) is 17.1 Å². The van der Waals surface area contributed by atoms with Crippen molar-refractivity contribution < 1.29 is 14.3 Å². The van der Waals surface area contributed by atoms with Gasteiger partial charge in [-0.2, -0.15) is 0 Å². The molecule has 31 heavy (non-hydrogen) atoms. The fourth-order valence-corrected chi connectivity index (χ4v) is 4.95. The van der Waals surface area contributed by atoms with E-state index in [1.165, 1.54) is 16.7 Å². The maximum absolute atomic E-state index is 13.4. The third kappa shape index (κ3) is 4.67. The molecule has 162 valence electrons. The molecule has 1 unspecified atom stereocenters. The van der Waals surface area contributed by atoms with Crippen molar-refractivity contribution in [1.29, 1.82) is 0 Å². The first-order chi connectivity index (χ1) is 14.6. The molecular formula is C23H22Cl2N2O3S. The lowest BCUT2D eigenvalue weighted by molar-refractivity contribution is -0.153. The Hall–Kier alpha value is -2.25. The molecule has 0 spiro atoms. The lowest BCUT2D eigenvalue weighted by atomic mass is 10.0. The van der Waals surface area contributed by atoms with E-state index in [-0.39, 0.29) is 29.4 Å². The molecule has 0 aliphatic carbocycles. The molecule has 0 bridgehead atoms. The van der Waals surface area contributed by atoms with E-state index in [2.05, 4.69) is 0 Å². The highest BCUT2D eigenvalue weighted by molar-refractivity contribution is 8.00. The molecule has 5 nitrogen and oxygen atoms in total. The average molecular weight is 477 g/mol. The molecule has 1 amide bonds. The van der Waals surface area contributed by atoms with Crippen LogP contribution < -0.4 is 5.73 Å². The SMILES string of the molecule is Cl.NC1C(=O)N2C(C(=O)OC(c3ccccc3)c3ccccc3)=C(/C=C\CCl)CS[C@@H]12. The summed E-state index contributed by atoms with van der Waals surface area (Å²) < 4.78 is 6.00. The lowest BCUT2D eigenvalue weighted by Crippen LogP contribution is -2.68. The third-order valence-electron chi connectivity index (χ3n) is 5.07. The number of carbonyl (C=O) groups excluding carboxylic acids is 2. The Bertz CT molecular complexity index is 959. The van der Waals surface area contributed by atoms with Crippen molar-refractivity contribution in [1.82, 2.24) is 4.90 Å². The maximum atomic E-state index is 13.4. The van der Waals surface area contributed by atoms with Crippen molar-refractivity contribution in [2.45, 2.75) is 17.5 Å². The molecule has 1 fully saturated rings. The molecule has 2 aromatic carbocycles. The summed E-state index contributed by atoms with van der Waals surface area (Å²) in [6.45, 7) is 0. The molecule has 2 heterocycles. The molecule has 2 aliphatic rings. The molecule has 0 radical (unpaired) electrons. The zero-order valence-corrected chi connectivity index (χ0v) is 18.9. The van der Waals surface area contributed by atoms with Crippen molar-refractivity contribution in [2.24, 2.45) is 5.73 Å². The van der Waals surface area contributed by atoms with Gasteiger partial charge in [0.25, 0.3) is 0 Å². The number of allylic oxidation sites excluding steroid dienone is 2. The average Bonchev–Trinajstić information content (AvgIpc) is 2.81.